The first-order valence-electron chi connectivity index (χ1n) is 6.60. The first-order chi connectivity index (χ1) is 9.28. The van der Waals surface area contributed by atoms with Crippen LogP contribution < -0.4 is 0 Å². The Hall–Kier alpha value is -0.770. The fourth-order valence-electron chi connectivity index (χ4n) is 2.62. The van der Waals surface area contributed by atoms with E-state index in [2.05, 4.69) is 9.55 Å². The van der Waals surface area contributed by atoms with E-state index in [0.29, 0.717) is 5.88 Å². The highest BCUT2D eigenvalue weighted by Crippen LogP contribution is 2.24. The lowest BCUT2D eigenvalue weighted by Gasteiger charge is -2.13. The largest absolute Gasteiger partial charge is 0.376 e. The number of rotatable bonds is 4. The maximum atomic E-state index is 6.10. The van der Waals surface area contributed by atoms with Crippen LogP contribution in [0.25, 0.3) is 11.0 Å². The van der Waals surface area contributed by atoms with Gasteiger partial charge in [0.25, 0.3) is 0 Å². The summed E-state index contributed by atoms with van der Waals surface area (Å²) in [5.74, 6) is 1.59. The van der Waals surface area contributed by atoms with Crippen molar-refractivity contribution in [3.8, 4) is 0 Å². The fraction of sp³-hybridized carbons (Fsp3) is 0.500. The van der Waals surface area contributed by atoms with Crippen molar-refractivity contribution in [3.05, 3.63) is 29.0 Å². The molecule has 0 N–H and O–H groups in total. The van der Waals surface area contributed by atoms with E-state index in [1.165, 1.54) is 0 Å². The molecular weight excluding hydrogens is 283 g/mol. The summed E-state index contributed by atoms with van der Waals surface area (Å²) in [6.07, 6.45) is 3.30. The van der Waals surface area contributed by atoms with Crippen molar-refractivity contribution in [2.45, 2.75) is 31.9 Å². The number of fused-ring (bicyclic) bond motifs is 1. The molecule has 0 radical (unpaired) electrons. The number of nitrogens with zero attached hydrogens (tertiary/aromatic N) is 2. The predicted octanol–water partition coefficient (Wildman–Crippen LogP) is 3.65. The van der Waals surface area contributed by atoms with E-state index in [0.717, 1.165) is 54.3 Å². The number of benzene rings is 1. The number of hydrogen-bond acceptors (Lipinski definition) is 2. The van der Waals surface area contributed by atoms with Crippen LogP contribution in [0.15, 0.2) is 18.2 Å². The Labute approximate surface area is 122 Å². The highest BCUT2D eigenvalue weighted by Gasteiger charge is 2.19. The second kappa shape index (κ2) is 5.70. The molecule has 0 bridgehead atoms. The summed E-state index contributed by atoms with van der Waals surface area (Å²) in [6, 6.07) is 5.80. The van der Waals surface area contributed by atoms with E-state index in [9.17, 15) is 0 Å². The van der Waals surface area contributed by atoms with Crippen LogP contribution in [-0.4, -0.2) is 28.1 Å². The molecule has 19 heavy (non-hydrogen) atoms. The summed E-state index contributed by atoms with van der Waals surface area (Å²) in [5, 5.41) is 0.735. The smallest absolute Gasteiger partial charge is 0.111 e. The molecule has 5 heteroatoms. The zero-order valence-corrected chi connectivity index (χ0v) is 12.1. The number of hydrogen-bond donors (Lipinski definition) is 0. The molecule has 2 aromatic rings. The molecule has 3 rings (SSSR count). The molecule has 0 aliphatic carbocycles. The Morgan fingerprint density at radius 1 is 1.42 bits per heavy atom. The highest BCUT2D eigenvalue weighted by atomic mass is 35.5. The molecule has 102 valence electrons. The minimum Gasteiger partial charge on any atom is -0.376 e. The predicted molar refractivity (Wildman–Crippen MR) is 78.1 cm³/mol. The molecule has 1 fully saturated rings. The number of aryl methyl sites for hydroxylation is 1. The Kier molecular flexibility index (Phi) is 3.96. The third-order valence-electron chi connectivity index (χ3n) is 3.52. The average Bonchev–Trinajstić information content (AvgIpc) is 3.00. The van der Waals surface area contributed by atoms with Gasteiger partial charge >= 0.3 is 0 Å². The maximum absolute atomic E-state index is 6.10. The third-order valence-corrected chi connectivity index (χ3v) is 3.94. The summed E-state index contributed by atoms with van der Waals surface area (Å²) in [7, 11) is 0. The second-order valence-electron chi connectivity index (χ2n) is 4.85. The first kappa shape index (κ1) is 13.2. The van der Waals surface area contributed by atoms with Crippen LogP contribution in [0.1, 0.15) is 18.7 Å². The Balaban J connectivity index is 2.01. The summed E-state index contributed by atoms with van der Waals surface area (Å²) < 4.78 is 7.93. The number of halogens is 2. The van der Waals surface area contributed by atoms with Gasteiger partial charge in [-0.1, -0.05) is 11.6 Å². The quantitative estimate of drug-likeness (QED) is 0.806. The van der Waals surface area contributed by atoms with E-state index < -0.39 is 0 Å². The van der Waals surface area contributed by atoms with E-state index in [1.54, 1.807) is 0 Å². The van der Waals surface area contributed by atoms with E-state index in [1.807, 2.05) is 18.2 Å². The molecule has 1 atom stereocenters. The SMILES string of the molecule is ClCCc1nc2ccc(Cl)cc2n1CC1CCCO1. The van der Waals surface area contributed by atoms with E-state index in [4.69, 9.17) is 27.9 Å². The number of ether oxygens (including phenoxy) is 1. The molecule has 0 saturated carbocycles. The third kappa shape index (κ3) is 2.73. The van der Waals surface area contributed by atoms with Crippen molar-refractivity contribution in [2.75, 3.05) is 12.5 Å². The van der Waals surface area contributed by atoms with E-state index in [-0.39, 0.29) is 6.10 Å². The summed E-state index contributed by atoms with van der Waals surface area (Å²) in [4.78, 5) is 4.65. The van der Waals surface area contributed by atoms with Crippen molar-refractivity contribution < 1.29 is 4.74 Å². The molecule has 0 amide bonds. The fourth-order valence-corrected chi connectivity index (χ4v) is 2.95. The lowest BCUT2D eigenvalue weighted by Crippen LogP contribution is -2.17. The Morgan fingerprint density at radius 2 is 2.32 bits per heavy atom. The van der Waals surface area contributed by atoms with Gasteiger partial charge in [0.2, 0.25) is 0 Å². The number of alkyl halides is 1. The monoisotopic (exact) mass is 298 g/mol. The first-order valence-corrected chi connectivity index (χ1v) is 7.51. The average molecular weight is 299 g/mol. The van der Waals surface area contributed by atoms with Gasteiger partial charge in [-0.05, 0) is 31.0 Å². The van der Waals surface area contributed by atoms with Gasteiger partial charge in [-0.3, -0.25) is 0 Å². The minimum absolute atomic E-state index is 0.283. The molecular formula is C14H16Cl2N2O. The van der Waals surface area contributed by atoms with Crippen LogP contribution >= 0.6 is 23.2 Å². The van der Waals surface area contributed by atoms with Crippen molar-refractivity contribution in [3.63, 3.8) is 0 Å². The number of aromatic nitrogens is 2. The standard InChI is InChI=1S/C14H16Cl2N2O/c15-6-5-14-17-12-4-3-10(16)8-13(12)18(14)9-11-2-1-7-19-11/h3-4,8,11H,1-2,5-7,9H2. The van der Waals surface area contributed by atoms with Crippen LogP contribution in [0.2, 0.25) is 5.02 Å². The van der Waals surface area contributed by atoms with Gasteiger partial charge < -0.3 is 9.30 Å². The van der Waals surface area contributed by atoms with Crippen molar-refractivity contribution in [2.24, 2.45) is 0 Å². The van der Waals surface area contributed by atoms with Gasteiger partial charge in [0.1, 0.15) is 5.82 Å². The molecule has 3 nitrogen and oxygen atoms in total. The van der Waals surface area contributed by atoms with Crippen molar-refractivity contribution in [1.82, 2.24) is 9.55 Å². The summed E-state index contributed by atoms with van der Waals surface area (Å²) in [6.45, 7) is 1.70. The van der Waals surface area contributed by atoms with Crippen molar-refractivity contribution >= 4 is 34.2 Å². The van der Waals surface area contributed by atoms with Gasteiger partial charge in [0.05, 0.1) is 23.7 Å². The van der Waals surface area contributed by atoms with Gasteiger partial charge in [-0.15, -0.1) is 11.6 Å². The Bertz CT molecular complexity index is 576. The summed E-state index contributed by atoms with van der Waals surface area (Å²) >= 11 is 12.0. The molecule has 0 spiro atoms. The van der Waals surface area contributed by atoms with Crippen molar-refractivity contribution in [1.29, 1.82) is 0 Å². The normalized spacial score (nSPS) is 19.4. The van der Waals surface area contributed by atoms with Gasteiger partial charge in [0, 0.05) is 23.9 Å². The molecule has 1 saturated heterocycles. The van der Waals surface area contributed by atoms with Crippen LogP contribution in [0, 0.1) is 0 Å². The molecule has 2 heterocycles. The molecule has 1 aromatic heterocycles. The minimum atomic E-state index is 0.283. The molecule has 1 unspecified atom stereocenters. The topological polar surface area (TPSA) is 27.1 Å². The molecule has 1 aliphatic heterocycles. The lowest BCUT2D eigenvalue weighted by atomic mass is 10.2. The van der Waals surface area contributed by atoms with Crippen LogP contribution in [0.4, 0.5) is 0 Å². The lowest BCUT2D eigenvalue weighted by molar-refractivity contribution is 0.0972. The number of imidazole rings is 1. The van der Waals surface area contributed by atoms with Crippen LogP contribution in [0.5, 0.6) is 0 Å². The second-order valence-corrected chi connectivity index (χ2v) is 5.66. The zero-order chi connectivity index (χ0) is 13.2. The van der Waals surface area contributed by atoms with Gasteiger partial charge in [-0.2, -0.15) is 0 Å². The van der Waals surface area contributed by atoms with Gasteiger partial charge in [-0.25, -0.2) is 4.98 Å². The van der Waals surface area contributed by atoms with E-state index >= 15 is 0 Å². The molecule has 1 aromatic carbocycles. The van der Waals surface area contributed by atoms with Gasteiger partial charge in [0.15, 0.2) is 0 Å². The summed E-state index contributed by atoms with van der Waals surface area (Å²) in [5.41, 5.74) is 2.05. The maximum Gasteiger partial charge on any atom is 0.111 e. The highest BCUT2D eigenvalue weighted by molar-refractivity contribution is 6.31. The molecule has 1 aliphatic rings. The Morgan fingerprint density at radius 3 is 3.05 bits per heavy atom. The zero-order valence-electron chi connectivity index (χ0n) is 10.6. The van der Waals surface area contributed by atoms with Crippen LogP contribution in [-0.2, 0) is 17.7 Å². The van der Waals surface area contributed by atoms with Crippen LogP contribution in [0.3, 0.4) is 0 Å².